The fourth-order valence-corrected chi connectivity index (χ4v) is 5.90. The quantitative estimate of drug-likeness (QED) is 0.465. The summed E-state index contributed by atoms with van der Waals surface area (Å²) in [5.74, 6) is 1.79. The van der Waals surface area contributed by atoms with Crippen molar-refractivity contribution in [2.75, 3.05) is 24.2 Å². The van der Waals surface area contributed by atoms with Crippen molar-refractivity contribution >= 4 is 29.3 Å². The molecule has 35 heavy (non-hydrogen) atoms. The van der Waals surface area contributed by atoms with E-state index in [1.807, 2.05) is 47.4 Å². The minimum atomic E-state index is -0.0721. The minimum Gasteiger partial charge on any atom is -0.461 e. The lowest BCUT2D eigenvalue weighted by Crippen LogP contribution is -2.42. The van der Waals surface area contributed by atoms with Crippen LogP contribution in [0.25, 0.3) is 11.6 Å². The average molecular weight is 494 g/mol. The van der Waals surface area contributed by atoms with Gasteiger partial charge < -0.3 is 14.6 Å². The Morgan fingerprint density at radius 1 is 0.971 bits per heavy atom. The smallest absolute Gasteiger partial charge is 0.233 e. The molecule has 2 fully saturated rings. The molecule has 2 aliphatic rings. The second kappa shape index (κ2) is 11.1. The first-order valence-electron chi connectivity index (χ1n) is 12.4. The van der Waals surface area contributed by atoms with Crippen molar-refractivity contribution in [3.05, 3.63) is 48.7 Å². The molecule has 2 amide bonds. The zero-order valence-corrected chi connectivity index (χ0v) is 20.6. The van der Waals surface area contributed by atoms with Crippen LogP contribution in [0.5, 0.6) is 0 Å². The van der Waals surface area contributed by atoms with Crippen LogP contribution in [0.4, 0.5) is 5.69 Å². The second-order valence-corrected chi connectivity index (χ2v) is 10.2. The lowest BCUT2D eigenvalue weighted by Gasteiger charge is -2.31. The number of amides is 2. The van der Waals surface area contributed by atoms with Gasteiger partial charge in [-0.2, -0.15) is 0 Å². The number of aromatic nitrogens is 3. The predicted octanol–water partition coefficient (Wildman–Crippen LogP) is 5.01. The number of carbonyl (C=O) groups is 2. The average Bonchev–Trinajstić information content (AvgIpc) is 3.58. The maximum absolute atomic E-state index is 13.0. The van der Waals surface area contributed by atoms with Crippen molar-refractivity contribution in [2.24, 2.45) is 5.92 Å². The number of anilines is 1. The normalized spacial score (nSPS) is 17.4. The number of para-hydroxylation sites is 1. The Labute approximate surface area is 209 Å². The van der Waals surface area contributed by atoms with Crippen LogP contribution in [0.3, 0.4) is 0 Å². The van der Waals surface area contributed by atoms with Gasteiger partial charge >= 0.3 is 0 Å². The lowest BCUT2D eigenvalue weighted by molar-refractivity contribution is -0.132. The third-order valence-electron chi connectivity index (χ3n) is 6.93. The number of thioether (sulfide) groups is 1. The van der Waals surface area contributed by atoms with Gasteiger partial charge in [0, 0.05) is 30.7 Å². The Kier molecular flexibility index (Phi) is 7.51. The lowest BCUT2D eigenvalue weighted by atomic mass is 9.95. The van der Waals surface area contributed by atoms with Gasteiger partial charge in [-0.3, -0.25) is 14.2 Å². The van der Waals surface area contributed by atoms with Crippen LogP contribution in [0.15, 0.2) is 58.3 Å². The summed E-state index contributed by atoms with van der Waals surface area (Å²) >= 11 is 1.45. The molecule has 1 N–H and O–H groups in total. The largest absolute Gasteiger partial charge is 0.461 e. The van der Waals surface area contributed by atoms with Crippen LogP contribution < -0.4 is 5.32 Å². The number of carbonyl (C=O) groups excluding carboxylic acids is 2. The summed E-state index contributed by atoms with van der Waals surface area (Å²) in [6.45, 7) is 1.19. The number of furan rings is 1. The van der Waals surface area contributed by atoms with Gasteiger partial charge in [-0.15, -0.1) is 10.2 Å². The molecule has 3 heterocycles. The number of hydrogen-bond acceptors (Lipinski definition) is 6. The van der Waals surface area contributed by atoms with E-state index in [1.165, 1.54) is 31.0 Å². The van der Waals surface area contributed by atoms with Crippen molar-refractivity contribution in [1.82, 2.24) is 19.7 Å². The Morgan fingerprint density at radius 2 is 1.74 bits per heavy atom. The van der Waals surface area contributed by atoms with Gasteiger partial charge in [0.1, 0.15) is 0 Å². The van der Waals surface area contributed by atoms with Crippen molar-refractivity contribution in [1.29, 1.82) is 0 Å². The molecule has 2 aromatic heterocycles. The number of nitrogens with zero attached hydrogens (tertiary/aromatic N) is 4. The van der Waals surface area contributed by atoms with E-state index < -0.39 is 0 Å². The molecule has 0 radical (unpaired) electrons. The number of rotatable bonds is 7. The summed E-state index contributed by atoms with van der Waals surface area (Å²) in [7, 11) is 0. The fraction of sp³-hybridized carbons (Fsp3) is 0.462. The number of hydrogen-bond donors (Lipinski definition) is 1. The molecule has 0 atom stereocenters. The van der Waals surface area contributed by atoms with E-state index >= 15 is 0 Å². The third-order valence-corrected chi connectivity index (χ3v) is 7.86. The second-order valence-electron chi connectivity index (χ2n) is 9.24. The van der Waals surface area contributed by atoms with Crippen LogP contribution in [0, 0.1) is 5.92 Å². The summed E-state index contributed by atoms with van der Waals surface area (Å²) in [6, 6.07) is 13.6. The van der Waals surface area contributed by atoms with Crippen molar-refractivity contribution in [2.45, 2.75) is 56.1 Å². The zero-order valence-electron chi connectivity index (χ0n) is 19.8. The van der Waals surface area contributed by atoms with Crippen molar-refractivity contribution < 1.29 is 14.0 Å². The molecule has 0 bridgehead atoms. The van der Waals surface area contributed by atoms with E-state index in [2.05, 4.69) is 20.1 Å². The van der Waals surface area contributed by atoms with E-state index in [-0.39, 0.29) is 17.7 Å². The Hall–Kier alpha value is -3.07. The molecule has 3 aromatic rings. The van der Waals surface area contributed by atoms with Crippen LogP contribution >= 0.6 is 11.8 Å². The van der Waals surface area contributed by atoms with Gasteiger partial charge in [0.05, 0.1) is 12.0 Å². The highest BCUT2D eigenvalue weighted by Crippen LogP contribution is 2.35. The first-order valence-corrected chi connectivity index (χ1v) is 13.4. The molecule has 9 heteroatoms. The van der Waals surface area contributed by atoms with Gasteiger partial charge in [0.15, 0.2) is 10.9 Å². The Bertz CT molecular complexity index is 1120. The summed E-state index contributed by atoms with van der Waals surface area (Å²) in [4.78, 5) is 27.5. The summed E-state index contributed by atoms with van der Waals surface area (Å²) in [5, 5.41) is 12.6. The van der Waals surface area contributed by atoms with Gasteiger partial charge in [0.25, 0.3) is 0 Å². The molecule has 0 unspecified atom stereocenters. The SMILES string of the molecule is O=C(Nc1ccccc1)C1CCN(C(=O)CSc2nnc(-c3ccco3)n2C2CCCCC2)CC1. The predicted molar refractivity (Wildman–Crippen MR) is 135 cm³/mol. The molecule has 0 spiro atoms. The van der Waals surface area contributed by atoms with E-state index in [0.29, 0.717) is 43.5 Å². The van der Waals surface area contributed by atoms with Crippen LogP contribution in [0.1, 0.15) is 51.0 Å². The maximum atomic E-state index is 13.0. The highest BCUT2D eigenvalue weighted by molar-refractivity contribution is 7.99. The van der Waals surface area contributed by atoms with E-state index in [0.717, 1.165) is 29.5 Å². The Balaban J connectivity index is 1.17. The summed E-state index contributed by atoms with van der Waals surface area (Å²) < 4.78 is 7.79. The van der Waals surface area contributed by atoms with Crippen molar-refractivity contribution in [3.8, 4) is 11.6 Å². The van der Waals surface area contributed by atoms with E-state index in [4.69, 9.17) is 4.42 Å². The first kappa shape index (κ1) is 23.7. The molecule has 184 valence electrons. The number of nitrogens with one attached hydrogen (secondary N) is 1. The highest BCUT2D eigenvalue weighted by atomic mass is 32.2. The monoisotopic (exact) mass is 493 g/mol. The third kappa shape index (κ3) is 5.61. The molecule has 1 aliphatic heterocycles. The van der Waals surface area contributed by atoms with Gasteiger partial charge in [-0.25, -0.2) is 0 Å². The minimum absolute atomic E-state index is 0.0312. The van der Waals surface area contributed by atoms with E-state index in [1.54, 1.807) is 6.26 Å². The van der Waals surface area contributed by atoms with Gasteiger partial charge in [0.2, 0.25) is 17.6 Å². The zero-order chi connectivity index (χ0) is 24.0. The number of likely N-dealkylation sites (tertiary alicyclic amines) is 1. The standard InChI is InChI=1S/C26H31N5O3S/c32-23(30-15-13-19(14-16-30)25(33)27-20-8-3-1-4-9-20)18-35-26-29-28-24(22-12-7-17-34-22)31(26)21-10-5-2-6-11-21/h1,3-4,7-9,12,17,19,21H,2,5-6,10-11,13-16,18H2,(H,27,33). The number of benzene rings is 1. The fourth-order valence-electron chi connectivity index (χ4n) is 4.99. The molecule has 1 aromatic carbocycles. The highest BCUT2D eigenvalue weighted by Gasteiger charge is 2.29. The van der Waals surface area contributed by atoms with Crippen LogP contribution in [-0.2, 0) is 9.59 Å². The number of piperidine rings is 1. The molecule has 8 nitrogen and oxygen atoms in total. The molecular weight excluding hydrogens is 462 g/mol. The van der Waals surface area contributed by atoms with Crippen LogP contribution in [-0.4, -0.2) is 50.3 Å². The molecule has 5 rings (SSSR count). The Morgan fingerprint density at radius 3 is 2.46 bits per heavy atom. The van der Waals surface area contributed by atoms with Crippen molar-refractivity contribution in [3.63, 3.8) is 0 Å². The first-order chi connectivity index (χ1) is 17.2. The summed E-state index contributed by atoms with van der Waals surface area (Å²) in [5.41, 5.74) is 0.809. The van der Waals surface area contributed by atoms with Crippen LogP contribution in [0.2, 0.25) is 0 Å². The molecule has 1 aliphatic carbocycles. The molecule has 1 saturated heterocycles. The maximum Gasteiger partial charge on any atom is 0.233 e. The topological polar surface area (TPSA) is 93.3 Å². The van der Waals surface area contributed by atoms with Gasteiger partial charge in [-0.1, -0.05) is 49.2 Å². The molecular formula is C26H31N5O3S. The summed E-state index contributed by atoms with van der Waals surface area (Å²) in [6.07, 6.45) is 8.82. The van der Waals surface area contributed by atoms with E-state index in [9.17, 15) is 9.59 Å². The molecule has 1 saturated carbocycles. The van der Waals surface area contributed by atoms with Gasteiger partial charge in [-0.05, 0) is 49.9 Å².